The van der Waals surface area contributed by atoms with Crippen molar-refractivity contribution in [2.75, 3.05) is 18.2 Å². The number of ether oxygens (including phenoxy) is 1. The number of aromatic nitrogens is 1. The number of nitrogen functional groups attached to an aromatic ring is 1. The Labute approximate surface area is 97.2 Å². The molecule has 0 bridgehead atoms. The Balaban J connectivity index is 2.82. The van der Waals surface area contributed by atoms with E-state index in [1.807, 2.05) is 6.07 Å². The summed E-state index contributed by atoms with van der Waals surface area (Å²) in [7, 11) is 1.57. The van der Waals surface area contributed by atoms with Gasteiger partial charge in [-0.2, -0.15) is 4.98 Å². The van der Waals surface area contributed by atoms with Gasteiger partial charge in [-0.05, 0) is 24.5 Å². The Morgan fingerprint density at radius 2 is 2.00 bits per heavy atom. The highest BCUT2D eigenvalue weighted by molar-refractivity contribution is 5.53. The summed E-state index contributed by atoms with van der Waals surface area (Å²) in [6, 6.07) is 3.97. The summed E-state index contributed by atoms with van der Waals surface area (Å²) < 4.78 is 5.08. The Kier molecular flexibility index (Phi) is 3.62. The normalized spacial score (nSPS) is 13.3. The highest BCUT2D eigenvalue weighted by atomic mass is 16.5. The van der Waals surface area contributed by atoms with E-state index in [0.717, 1.165) is 5.82 Å². The summed E-state index contributed by atoms with van der Waals surface area (Å²) in [6.07, 6.45) is 0. The Bertz CT molecular complexity index is 358. The molecule has 0 aromatic carbocycles. The molecule has 3 N–H and O–H groups in total. The van der Waals surface area contributed by atoms with Crippen molar-refractivity contribution < 1.29 is 4.74 Å². The van der Waals surface area contributed by atoms with Crippen LogP contribution < -0.4 is 15.8 Å². The molecule has 0 aliphatic rings. The van der Waals surface area contributed by atoms with E-state index in [-0.39, 0.29) is 5.41 Å². The van der Waals surface area contributed by atoms with E-state index in [2.05, 4.69) is 38.0 Å². The molecule has 0 spiro atoms. The lowest BCUT2D eigenvalue weighted by atomic mass is 9.88. The summed E-state index contributed by atoms with van der Waals surface area (Å²) in [5.41, 5.74) is 6.43. The number of pyridine rings is 1. The maximum absolute atomic E-state index is 5.70. The second-order valence-electron chi connectivity index (χ2n) is 5.03. The van der Waals surface area contributed by atoms with Gasteiger partial charge in [0.25, 0.3) is 0 Å². The van der Waals surface area contributed by atoms with Crippen molar-refractivity contribution in [1.82, 2.24) is 4.98 Å². The number of nitrogens with zero attached hydrogens (tertiary/aromatic N) is 1. The minimum Gasteiger partial charge on any atom is -0.479 e. The van der Waals surface area contributed by atoms with Crippen LogP contribution >= 0.6 is 0 Å². The lowest BCUT2D eigenvalue weighted by Crippen LogP contribution is -2.31. The molecule has 1 aromatic heterocycles. The summed E-state index contributed by atoms with van der Waals surface area (Å²) in [5.74, 6) is 1.25. The van der Waals surface area contributed by atoms with Crippen LogP contribution in [-0.4, -0.2) is 18.1 Å². The van der Waals surface area contributed by atoms with Crippen LogP contribution in [0.2, 0.25) is 0 Å². The number of methoxy groups -OCH3 is 1. The van der Waals surface area contributed by atoms with Crippen LogP contribution in [0, 0.1) is 5.41 Å². The summed E-state index contributed by atoms with van der Waals surface area (Å²) >= 11 is 0. The van der Waals surface area contributed by atoms with E-state index >= 15 is 0 Å². The third-order valence-electron chi connectivity index (χ3n) is 2.75. The first kappa shape index (κ1) is 12.6. The van der Waals surface area contributed by atoms with Gasteiger partial charge < -0.3 is 15.8 Å². The van der Waals surface area contributed by atoms with Gasteiger partial charge in [0.1, 0.15) is 5.82 Å². The zero-order chi connectivity index (χ0) is 12.3. The maximum atomic E-state index is 5.70. The van der Waals surface area contributed by atoms with Crippen LogP contribution in [-0.2, 0) is 0 Å². The van der Waals surface area contributed by atoms with Crippen LogP contribution in [0.15, 0.2) is 12.1 Å². The van der Waals surface area contributed by atoms with E-state index in [9.17, 15) is 0 Å². The van der Waals surface area contributed by atoms with Crippen molar-refractivity contribution in [3.63, 3.8) is 0 Å². The predicted octanol–water partition coefficient (Wildman–Crippen LogP) is 2.52. The van der Waals surface area contributed by atoms with Crippen LogP contribution in [0.5, 0.6) is 5.88 Å². The molecule has 4 heteroatoms. The van der Waals surface area contributed by atoms with E-state index in [1.165, 1.54) is 0 Å². The van der Waals surface area contributed by atoms with Crippen molar-refractivity contribution in [3.8, 4) is 5.88 Å². The molecule has 0 fully saturated rings. The van der Waals surface area contributed by atoms with Gasteiger partial charge in [-0.1, -0.05) is 20.8 Å². The Morgan fingerprint density at radius 3 is 2.50 bits per heavy atom. The topological polar surface area (TPSA) is 60.2 Å². The Hall–Kier alpha value is -1.45. The third kappa shape index (κ3) is 3.02. The van der Waals surface area contributed by atoms with Gasteiger partial charge in [-0.25, -0.2) is 0 Å². The monoisotopic (exact) mass is 223 g/mol. The molecule has 0 aliphatic heterocycles. The van der Waals surface area contributed by atoms with E-state index in [4.69, 9.17) is 10.5 Å². The minimum atomic E-state index is 0.177. The molecule has 1 atom stereocenters. The van der Waals surface area contributed by atoms with Crippen molar-refractivity contribution >= 4 is 11.5 Å². The molecular weight excluding hydrogens is 202 g/mol. The van der Waals surface area contributed by atoms with Crippen molar-refractivity contribution in [2.24, 2.45) is 5.41 Å². The Morgan fingerprint density at radius 1 is 1.38 bits per heavy atom. The minimum absolute atomic E-state index is 0.177. The molecule has 0 aliphatic carbocycles. The zero-order valence-corrected chi connectivity index (χ0v) is 10.7. The molecule has 1 aromatic rings. The molecule has 1 unspecified atom stereocenters. The van der Waals surface area contributed by atoms with Gasteiger partial charge in [0, 0.05) is 6.04 Å². The van der Waals surface area contributed by atoms with Gasteiger partial charge >= 0.3 is 0 Å². The first-order chi connectivity index (χ1) is 7.34. The molecule has 0 saturated carbocycles. The summed E-state index contributed by atoms with van der Waals surface area (Å²) in [6.45, 7) is 8.67. The first-order valence-corrected chi connectivity index (χ1v) is 5.41. The number of nitrogens with two attached hydrogens (primary N) is 1. The average molecular weight is 223 g/mol. The summed E-state index contributed by atoms with van der Waals surface area (Å²) in [4.78, 5) is 4.29. The zero-order valence-electron chi connectivity index (χ0n) is 10.7. The van der Waals surface area contributed by atoms with Gasteiger partial charge in [-0.3, -0.25) is 0 Å². The molecule has 16 heavy (non-hydrogen) atoms. The van der Waals surface area contributed by atoms with E-state index in [0.29, 0.717) is 17.6 Å². The molecule has 4 nitrogen and oxygen atoms in total. The fourth-order valence-corrected chi connectivity index (χ4v) is 1.13. The lowest BCUT2D eigenvalue weighted by Gasteiger charge is -2.28. The largest absolute Gasteiger partial charge is 0.479 e. The van der Waals surface area contributed by atoms with Crippen LogP contribution in [0.1, 0.15) is 27.7 Å². The molecule has 0 saturated heterocycles. The van der Waals surface area contributed by atoms with Gasteiger partial charge in [0.05, 0.1) is 12.8 Å². The highest BCUT2D eigenvalue weighted by Gasteiger charge is 2.20. The quantitative estimate of drug-likeness (QED) is 0.826. The number of rotatable bonds is 3. The summed E-state index contributed by atoms with van der Waals surface area (Å²) in [5, 5.41) is 3.34. The smallest absolute Gasteiger partial charge is 0.238 e. The fraction of sp³-hybridized carbons (Fsp3) is 0.583. The predicted molar refractivity (Wildman–Crippen MR) is 67.7 cm³/mol. The maximum Gasteiger partial charge on any atom is 0.238 e. The number of hydrogen-bond acceptors (Lipinski definition) is 4. The molecule has 0 radical (unpaired) electrons. The van der Waals surface area contributed by atoms with Crippen molar-refractivity contribution in [1.29, 1.82) is 0 Å². The van der Waals surface area contributed by atoms with Crippen molar-refractivity contribution in [2.45, 2.75) is 33.7 Å². The number of nitrogens with one attached hydrogen (secondary N) is 1. The first-order valence-electron chi connectivity index (χ1n) is 5.41. The number of hydrogen-bond donors (Lipinski definition) is 2. The third-order valence-corrected chi connectivity index (χ3v) is 2.75. The standard InChI is InChI=1S/C12H21N3O/c1-8(12(2,3)4)14-10-7-6-9(13)11(15-10)16-5/h6-8H,13H2,1-5H3,(H,14,15). The second-order valence-corrected chi connectivity index (χ2v) is 5.03. The van der Waals surface area contributed by atoms with Crippen LogP contribution in [0.25, 0.3) is 0 Å². The van der Waals surface area contributed by atoms with Crippen LogP contribution in [0.3, 0.4) is 0 Å². The van der Waals surface area contributed by atoms with Gasteiger partial charge in [0.2, 0.25) is 5.88 Å². The average Bonchev–Trinajstić information content (AvgIpc) is 2.19. The van der Waals surface area contributed by atoms with Crippen molar-refractivity contribution in [3.05, 3.63) is 12.1 Å². The van der Waals surface area contributed by atoms with Gasteiger partial charge in [0.15, 0.2) is 0 Å². The van der Waals surface area contributed by atoms with Gasteiger partial charge in [-0.15, -0.1) is 0 Å². The molecule has 90 valence electrons. The highest BCUT2D eigenvalue weighted by Crippen LogP contribution is 2.25. The van der Waals surface area contributed by atoms with E-state index in [1.54, 1.807) is 13.2 Å². The number of anilines is 2. The second kappa shape index (κ2) is 4.60. The molecule has 0 amide bonds. The molecule has 1 heterocycles. The van der Waals surface area contributed by atoms with E-state index < -0.39 is 0 Å². The van der Waals surface area contributed by atoms with Crippen LogP contribution in [0.4, 0.5) is 11.5 Å². The molecule has 1 rings (SSSR count). The molecular formula is C12H21N3O. The lowest BCUT2D eigenvalue weighted by molar-refractivity contribution is 0.357. The fourth-order valence-electron chi connectivity index (χ4n) is 1.13. The SMILES string of the molecule is COc1nc(NC(C)C(C)(C)C)ccc1N.